The summed E-state index contributed by atoms with van der Waals surface area (Å²) in [6.45, 7) is 0.259. The number of hydrogen-bond acceptors (Lipinski definition) is 3. The highest BCUT2D eigenvalue weighted by atomic mass is 16.5. The van der Waals surface area contributed by atoms with E-state index in [0.29, 0.717) is 17.1 Å². The SMILES string of the molecule is COc1cccc2c1OCC=C2C(=O)O. The lowest BCUT2D eigenvalue weighted by Crippen LogP contribution is -2.11. The van der Waals surface area contributed by atoms with Crippen molar-refractivity contribution in [2.24, 2.45) is 0 Å². The van der Waals surface area contributed by atoms with Gasteiger partial charge in [-0.3, -0.25) is 0 Å². The van der Waals surface area contributed by atoms with E-state index in [1.807, 2.05) is 0 Å². The van der Waals surface area contributed by atoms with Gasteiger partial charge in [0.25, 0.3) is 0 Å². The van der Waals surface area contributed by atoms with Crippen LogP contribution in [0, 0.1) is 0 Å². The van der Waals surface area contributed by atoms with Gasteiger partial charge in [-0.25, -0.2) is 4.79 Å². The molecule has 0 amide bonds. The highest BCUT2D eigenvalue weighted by Gasteiger charge is 2.21. The summed E-state index contributed by atoms with van der Waals surface area (Å²) in [5, 5.41) is 8.98. The third-order valence-electron chi connectivity index (χ3n) is 2.23. The van der Waals surface area contributed by atoms with Crippen LogP contribution in [0.2, 0.25) is 0 Å². The van der Waals surface area contributed by atoms with Crippen LogP contribution >= 0.6 is 0 Å². The second-order valence-electron chi connectivity index (χ2n) is 3.07. The Morgan fingerprint density at radius 3 is 3.00 bits per heavy atom. The van der Waals surface area contributed by atoms with Crippen molar-refractivity contribution < 1.29 is 19.4 Å². The van der Waals surface area contributed by atoms with Crippen molar-refractivity contribution >= 4 is 11.5 Å². The Bertz CT molecular complexity index is 434. The molecule has 0 aromatic heterocycles. The van der Waals surface area contributed by atoms with Gasteiger partial charge in [-0.1, -0.05) is 12.1 Å². The number of rotatable bonds is 2. The molecule has 0 saturated heterocycles. The van der Waals surface area contributed by atoms with Crippen molar-refractivity contribution in [1.29, 1.82) is 0 Å². The van der Waals surface area contributed by atoms with Crippen molar-refractivity contribution in [2.45, 2.75) is 0 Å². The van der Waals surface area contributed by atoms with E-state index in [0.717, 1.165) is 0 Å². The molecule has 15 heavy (non-hydrogen) atoms. The summed E-state index contributed by atoms with van der Waals surface area (Å²) < 4.78 is 10.5. The Hall–Kier alpha value is -1.97. The minimum absolute atomic E-state index is 0.259. The number of methoxy groups -OCH3 is 1. The second kappa shape index (κ2) is 3.65. The summed E-state index contributed by atoms with van der Waals surface area (Å²) >= 11 is 0. The molecular weight excluding hydrogens is 196 g/mol. The molecule has 4 nitrogen and oxygen atoms in total. The van der Waals surface area contributed by atoms with Crippen molar-refractivity contribution in [3.63, 3.8) is 0 Å². The van der Waals surface area contributed by atoms with Crippen LogP contribution in [0.3, 0.4) is 0 Å². The fourth-order valence-electron chi connectivity index (χ4n) is 1.56. The lowest BCUT2D eigenvalue weighted by atomic mass is 10.0. The Morgan fingerprint density at radius 1 is 1.53 bits per heavy atom. The topological polar surface area (TPSA) is 55.8 Å². The van der Waals surface area contributed by atoms with Crippen molar-refractivity contribution in [1.82, 2.24) is 0 Å². The van der Waals surface area contributed by atoms with E-state index in [1.165, 1.54) is 7.11 Å². The van der Waals surface area contributed by atoms with E-state index < -0.39 is 5.97 Å². The highest BCUT2D eigenvalue weighted by molar-refractivity contribution is 6.16. The number of hydrogen-bond donors (Lipinski definition) is 1. The van der Waals surface area contributed by atoms with Gasteiger partial charge in [-0.05, 0) is 12.1 Å². The lowest BCUT2D eigenvalue weighted by molar-refractivity contribution is -0.130. The van der Waals surface area contributed by atoms with Crippen LogP contribution in [0.4, 0.5) is 0 Å². The molecule has 0 saturated carbocycles. The minimum Gasteiger partial charge on any atom is -0.493 e. The molecule has 1 aromatic rings. The van der Waals surface area contributed by atoms with E-state index >= 15 is 0 Å². The van der Waals surface area contributed by atoms with Crippen LogP contribution in [-0.4, -0.2) is 24.8 Å². The van der Waals surface area contributed by atoms with Crippen LogP contribution in [0.15, 0.2) is 24.3 Å². The Balaban J connectivity index is 2.56. The average Bonchev–Trinajstić information content (AvgIpc) is 2.27. The predicted molar refractivity (Wildman–Crippen MR) is 54.1 cm³/mol. The molecule has 78 valence electrons. The molecular formula is C11H10O4. The standard InChI is InChI=1S/C11H10O4/c1-14-9-4-2-3-7-8(11(12)13)5-6-15-10(7)9/h2-5H,6H2,1H3,(H,12,13). The molecule has 4 heteroatoms. The molecule has 1 N–H and O–H groups in total. The predicted octanol–water partition coefficient (Wildman–Crippen LogP) is 1.56. The zero-order chi connectivity index (χ0) is 10.8. The Kier molecular flexibility index (Phi) is 2.33. The van der Waals surface area contributed by atoms with E-state index in [-0.39, 0.29) is 12.2 Å². The van der Waals surface area contributed by atoms with Crippen LogP contribution in [-0.2, 0) is 4.79 Å². The molecule has 1 aliphatic rings. The molecule has 1 aromatic carbocycles. The molecule has 0 fully saturated rings. The summed E-state index contributed by atoms with van der Waals surface area (Å²) in [6, 6.07) is 5.18. The summed E-state index contributed by atoms with van der Waals surface area (Å²) in [7, 11) is 1.53. The van der Waals surface area contributed by atoms with E-state index in [4.69, 9.17) is 14.6 Å². The maximum Gasteiger partial charge on any atom is 0.336 e. The number of benzene rings is 1. The van der Waals surface area contributed by atoms with Gasteiger partial charge in [0.05, 0.1) is 12.7 Å². The molecule has 0 aliphatic carbocycles. The second-order valence-corrected chi connectivity index (χ2v) is 3.07. The zero-order valence-electron chi connectivity index (χ0n) is 8.19. The van der Waals surface area contributed by atoms with Crippen LogP contribution < -0.4 is 9.47 Å². The third kappa shape index (κ3) is 1.54. The monoisotopic (exact) mass is 206 g/mol. The highest BCUT2D eigenvalue weighted by Crippen LogP contribution is 2.37. The van der Waals surface area contributed by atoms with Crippen molar-refractivity contribution in [2.75, 3.05) is 13.7 Å². The Labute approximate surface area is 86.7 Å². The average molecular weight is 206 g/mol. The van der Waals surface area contributed by atoms with Gasteiger partial charge in [-0.15, -0.1) is 0 Å². The summed E-state index contributed by atoms with van der Waals surface area (Å²) in [6.07, 6.45) is 1.55. The molecule has 0 atom stereocenters. The molecule has 0 radical (unpaired) electrons. The van der Waals surface area contributed by atoms with E-state index in [1.54, 1.807) is 24.3 Å². The lowest BCUT2D eigenvalue weighted by Gasteiger charge is -2.18. The number of carboxylic acid groups (broad SMARTS) is 1. The molecule has 0 bridgehead atoms. The van der Waals surface area contributed by atoms with Gasteiger partial charge in [-0.2, -0.15) is 0 Å². The first kappa shape index (κ1) is 9.58. The molecule has 0 spiro atoms. The van der Waals surface area contributed by atoms with E-state index in [2.05, 4.69) is 0 Å². The maximum atomic E-state index is 11.0. The summed E-state index contributed by atoms with van der Waals surface area (Å²) in [5.41, 5.74) is 0.822. The first-order valence-electron chi connectivity index (χ1n) is 4.47. The summed E-state index contributed by atoms with van der Waals surface area (Å²) in [4.78, 5) is 11.0. The van der Waals surface area contributed by atoms with Crippen LogP contribution in [0.5, 0.6) is 11.5 Å². The van der Waals surface area contributed by atoms with Gasteiger partial charge in [0.1, 0.15) is 6.61 Å². The zero-order valence-corrected chi connectivity index (χ0v) is 8.19. The molecule has 2 rings (SSSR count). The molecule has 1 heterocycles. The van der Waals surface area contributed by atoms with Crippen LogP contribution in [0.1, 0.15) is 5.56 Å². The number of para-hydroxylation sites is 1. The van der Waals surface area contributed by atoms with Gasteiger partial charge < -0.3 is 14.6 Å². The minimum atomic E-state index is -0.951. The van der Waals surface area contributed by atoms with Gasteiger partial charge in [0.2, 0.25) is 0 Å². The fourth-order valence-corrected chi connectivity index (χ4v) is 1.56. The normalized spacial score (nSPS) is 13.5. The Morgan fingerprint density at radius 2 is 2.33 bits per heavy atom. The number of carboxylic acids is 1. The first-order valence-corrected chi connectivity index (χ1v) is 4.47. The number of aliphatic carboxylic acids is 1. The number of fused-ring (bicyclic) bond motifs is 1. The van der Waals surface area contributed by atoms with Gasteiger partial charge >= 0.3 is 5.97 Å². The molecule has 1 aliphatic heterocycles. The first-order chi connectivity index (χ1) is 7.24. The van der Waals surface area contributed by atoms with Gasteiger partial charge in [0, 0.05) is 5.56 Å². The smallest absolute Gasteiger partial charge is 0.336 e. The maximum absolute atomic E-state index is 11.0. The van der Waals surface area contributed by atoms with Gasteiger partial charge in [0.15, 0.2) is 11.5 Å². The largest absolute Gasteiger partial charge is 0.493 e. The third-order valence-corrected chi connectivity index (χ3v) is 2.23. The molecule has 0 unspecified atom stereocenters. The van der Waals surface area contributed by atoms with Crippen molar-refractivity contribution in [3.8, 4) is 11.5 Å². The quantitative estimate of drug-likeness (QED) is 0.797. The number of ether oxygens (including phenoxy) is 2. The van der Waals surface area contributed by atoms with Crippen molar-refractivity contribution in [3.05, 3.63) is 29.8 Å². The number of carbonyl (C=O) groups is 1. The van der Waals surface area contributed by atoms with E-state index in [9.17, 15) is 4.79 Å². The summed E-state index contributed by atoms with van der Waals surface area (Å²) in [5.74, 6) is 0.104. The van der Waals surface area contributed by atoms with Crippen LogP contribution in [0.25, 0.3) is 5.57 Å². The fraction of sp³-hybridized carbons (Fsp3) is 0.182.